The molecule has 0 amide bonds. The van der Waals surface area contributed by atoms with E-state index in [4.69, 9.17) is 16.3 Å². The predicted molar refractivity (Wildman–Crippen MR) is 108 cm³/mol. The summed E-state index contributed by atoms with van der Waals surface area (Å²) < 4.78 is 33.8. The fourth-order valence-corrected chi connectivity index (χ4v) is 6.34. The Balaban J connectivity index is 1.87. The van der Waals surface area contributed by atoms with E-state index in [-0.39, 0.29) is 16.1 Å². The van der Waals surface area contributed by atoms with Crippen LogP contribution in [-0.4, -0.2) is 27.2 Å². The van der Waals surface area contributed by atoms with Crippen molar-refractivity contribution >= 4 is 33.0 Å². The van der Waals surface area contributed by atoms with E-state index in [9.17, 15) is 13.5 Å². The van der Waals surface area contributed by atoms with E-state index >= 15 is 0 Å². The maximum Gasteiger partial charge on any atom is 0.244 e. The summed E-state index contributed by atoms with van der Waals surface area (Å²) in [6.07, 6.45) is 3.44. The molecule has 0 spiro atoms. The van der Waals surface area contributed by atoms with Gasteiger partial charge in [0, 0.05) is 26.7 Å². The Morgan fingerprint density at radius 1 is 1.30 bits per heavy atom. The molecule has 148 valence electrons. The molecule has 0 saturated heterocycles. The number of aliphatic hydroxyl groups is 1. The van der Waals surface area contributed by atoms with Crippen LogP contribution in [0.25, 0.3) is 0 Å². The predicted octanol–water partition coefficient (Wildman–Crippen LogP) is 4.25. The standard InChI is InChI=1S/C19H24ClNO4S2/c1-13(22)16-7-8-18(26-16)19(9-3-4-10-19)12-21-27(23,24)17-11-14(20)5-6-15(17)25-2/h5-8,11,13,21-22H,3-4,9-10,12H2,1-2H3. The number of nitrogens with one attached hydrogen (secondary N) is 1. The van der Waals surface area contributed by atoms with Crippen molar-refractivity contribution in [3.8, 4) is 5.75 Å². The maximum atomic E-state index is 12.9. The summed E-state index contributed by atoms with van der Waals surface area (Å²) in [4.78, 5) is 2.06. The van der Waals surface area contributed by atoms with Crippen LogP contribution >= 0.6 is 22.9 Å². The summed E-state index contributed by atoms with van der Waals surface area (Å²) >= 11 is 7.56. The lowest BCUT2D eigenvalue weighted by molar-refractivity contribution is 0.203. The number of aliphatic hydroxyl groups excluding tert-OH is 1. The van der Waals surface area contributed by atoms with Crippen molar-refractivity contribution < 1.29 is 18.3 Å². The quantitative estimate of drug-likeness (QED) is 0.689. The zero-order chi connectivity index (χ0) is 19.7. The molecular weight excluding hydrogens is 406 g/mol. The van der Waals surface area contributed by atoms with Crippen molar-refractivity contribution in [3.05, 3.63) is 45.1 Å². The second kappa shape index (κ2) is 8.09. The van der Waals surface area contributed by atoms with Crippen molar-refractivity contribution in [2.24, 2.45) is 0 Å². The highest BCUT2D eigenvalue weighted by Gasteiger charge is 2.38. The first-order valence-corrected chi connectivity index (χ1v) is 11.6. The SMILES string of the molecule is COc1ccc(Cl)cc1S(=O)(=O)NCC1(c2ccc(C(C)O)s2)CCCC1. The Kier molecular flexibility index (Phi) is 6.17. The molecule has 8 heteroatoms. The zero-order valence-corrected chi connectivity index (χ0v) is 17.8. The van der Waals surface area contributed by atoms with Crippen LogP contribution in [-0.2, 0) is 15.4 Å². The number of halogens is 1. The van der Waals surface area contributed by atoms with Gasteiger partial charge in [0.1, 0.15) is 10.6 Å². The molecule has 2 aromatic rings. The van der Waals surface area contributed by atoms with Crippen LogP contribution in [0.3, 0.4) is 0 Å². The second-order valence-corrected chi connectivity index (χ2v) is 10.3. The lowest BCUT2D eigenvalue weighted by atomic mass is 9.85. The molecule has 1 fully saturated rings. The fourth-order valence-electron chi connectivity index (χ4n) is 3.60. The molecule has 1 heterocycles. The Bertz CT molecular complexity index is 902. The molecule has 1 aliphatic rings. The summed E-state index contributed by atoms with van der Waals surface area (Å²) in [7, 11) is -2.34. The van der Waals surface area contributed by atoms with Gasteiger partial charge in [0.25, 0.3) is 0 Å². The number of benzene rings is 1. The largest absolute Gasteiger partial charge is 0.495 e. The summed E-state index contributed by atoms with van der Waals surface area (Å²) in [6.45, 7) is 2.05. The molecule has 2 N–H and O–H groups in total. The van der Waals surface area contributed by atoms with Gasteiger partial charge in [-0.25, -0.2) is 13.1 Å². The molecule has 1 unspecified atom stereocenters. The van der Waals surface area contributed by atoms with Crippen molar-refractivity contribution in [1.29, 1.82) is 0 Å². The first kappa shape index (κ1) is 20.6. The smallest absolute Gasteiger partial charge is 0.244 e. The van der Waals surface area contributed by atoms with Crippen molar-refractivity contribution in [1.82, 2.24) is 4.72 Å². The van der Waals surface area contributed by atoms with Crippen LogP contribution in [0.5, 0.6) is 5.75 Å². The highest BCUT2D eigenvalue weighted by atomic mass is 35.5. The number of ether oxygens (including phenoxy) is 1. The summed E-state index contributed by atoms with van der Waals surface area (Å²) in [5, 5.41) is 10.2. The molecule has 0 radical (unpaired) electrons. The lowest BCUT2D eigenvalue weighted by Crippen LogP contribution is -2.38. The average molecular weight is 430 g/mol. The molecule has 1 atom stereocenters. The van der Waals surface area contributed by atoms with Gasteiger partial charge < -0.3 is 9.84 Å². The highest BCUT2D eigenvalue weighted by molar-refractivity contribution is 7.89. The number of methoxy groups -OCH3 is 1. The number of hydrogen-bond donors (Lipinski definition) is 2. The maximum absolute atomic E-state index is 12.9. The van der Waals surface area contributed by atoms with Crippen LogP contribution in [0.1, 0.15) is 48.5 Å². The van der Waals surface area contributed by atoms with Crippen molar-refractivity contribution in [3.63, 3.8) is 0 Å². The van der Waals surface area contributed by atoms with E-state index in [0.717, 1.165) is 35.4 Å². The molecule has 0 bridgehead atoms. The Hall–Kier alpha value is -1.12. The average Bonchev–Trinajstić information content (AvgIpc) is 3.30. The lowest BCUT2D eigenvalue weighted by Gasteiger charge is -2.28. The summed E-state index contributed by atoms with van der Waals surface area (Å²) in [5.41, 5.74) is -0.239. The van der Waals surface area contributed by atoms with Gasteiger partial charge in [-0.05, 0) is 50.1 Å². The van der Waals surface area contributed by atoms with E-state index in [2.05, 4.69) is 4.72 Å². The molecule has 1 saturated carbocycles. The van der Waals surface area contributed by atoms with Crippen molar-refractivity contribution in [2.45, 2.75) is 49.0 Å². The van der Waals surface area contributed by atoms with E-state index in [1.807, 2.05) is 12.1 Å². The van der Waals surface area contributed by atoms with E-state index < -0.39 is 16.1 Å². The van der Waals surface area contributed by atoms with Gasteiger partial charge in [-0.2, -0.15) is 0 Å². The Morgan fingerprint density at radius 3 is 2.59 bits per heavy atom. The van der Waals surface area contributed by atoms with Gasteiger partial charge >= 0.3 is 0 Å². The molecule has 0 aliphatic heterocycles. The third-order valence-corrected chi connectivity index (χ3v) is 8.30. The molecule has 27 heavy (non-hydrogen) atoms. The number of hydrogen-bond acceptors (Lipinski definition) is 5. The highest BCUT2D eigenvalue weighted by Crippen LogP contribution is 2.44. The van der Waals surface area contributed by atoms with Gasteiger partial charge in [0.2, 0.25) is 10.0 Å². The van der Waals surface area contributed by atoms with Crippen LogP contribution in [0.4, 0.5) is 0 Å². The molecule has 1 aromatic carbocycles. The second-order valence-electron chi connectivity index (χ2n) is 6.99. The van der Waals surface area contributed by atoms with Crippen LogP contribution in [0, 0.1) is 0 Å². The summed E-state index contributed by atoms with van der Waals surface area (Å²) in [5.74, 6) is 0.264. The third kappa shape index (κ3) is 4.32. The first-order valence-electron chi connectivity index (χ1n) is 8.89. The zero-order valence-electron chi connectivity index (χ0n) is 15.4. The molecular formula is C19H24ClNO4S2. The molecule has 5 nitrogen and oxygen atoms in total. The molecule has 1 aliphatic carbocycles. The fraction of sp³-hybridized carbons (Fsp3) is 0.474. The minimum Gasteiger partial charge on any atom is -0.495 e. The van der Waals surface area contributed by atoms with Gasteiger partial charge in [-0.3, -0.25) is 0 Å². The van der Waals surface area contributed by atoms with E-state index in [1.165, 1.54) is 13.2 Å². The molecule has 1 aromatic heterocycles. The number of rotatable bonds is 7. The minimum absolute atomic E-state index is 0.0431. The number of sulfonamides is 1. The van der Waals surface area contributed by atoms with E-state index in [0.29, 0.717) is 11.6 Å². The van der Waals surface area contributed by atoms with Crippen LogP contribution in [0.2, 0.25) is 5.02 Å². The summed E-state index contributed by atoms with van der Waals surface area (Å²) in [6, 6.07) is 8.50. The van der Waals surface area contributed by atoms with Crippen molar-refractivity contribution in [2.75, 3.05) is 13.7 Å². The third-order valence-electron chi connectivity index (χ3n) is 5.14. The van der Waals surface area contributed by atoms with Gasteiger partial charge in [0.05, 0.1) is 13.2 Å². The monoisotopic (exact) mass is 429 g/mol. The molecule has 3 rings (SSSR count). The number of thiophene rings is 1. The van der Waals surface area contributed by atoms with Crippen LogP contribution in [0.15, 0.2) is 35.2 Å². The first-order chi connectivity index (χ1) is 12.8. The van der Waals surface area contributed by atoms with E-state index in [1.54, 1.807) is 30.4 Å². The van der Waals surface area contributed by atoms with Gasteiger partial charge in [-0.1, -0.05) is 24.4 Å². The topological polar surface area (TPSA) is 75.6 Å². The van der Waals surface area contributed by atoms with Gasteiger partial charge in [0.15, 0.2) is 0 Å². The van der Waals surface area contributed by atoms with Crippen LogP contribution < -0.4 is 9.46 Å². The Morgan fingerprint density at radius 2 is 2.00 bits per heavy atom. The Labute approximate surface area is 169 Å². The normalized spacial score (nSPS) is 17.8. The minimum atomic E-state index is -3.77. The van der Waals surface area contributed by atoms with Gasteiger partial charge in [-0.15, -0.1) is 11.3 Å².